The summed E-state index contributed by atoms with van der Waals surface area (Å²) in [5.74, 6) is -22.2. The zero-order valence-electron chi connectivity index (χ0n) is 31.5. The van der Waals surface area contributed by atoms with E-state index in [0.29, 0.717) is 43.1 Å². The molecule has 0 aromatic heterocycles. The normalized spacial score (nSPS) is 11.7. The van der Waals surface area contributed by atoms with E-state index >= 15 is 35.1 Å². The lowest BCUT2D eigenvalue weighted by Gasteiger charge is -2.32. The van der Waals surface area contributed by atoms with Gasteiger partial charge in [0, 0.05) is 21.5 Å². The fourth-order valence-corrected chi connectivity index (χ4v) is 8.43. The zero-order valence-corrected chi connectivity index (χ0v) is 31.5. The predicted molar refractivity (Wildman–Crippen MR) is 223 cm³/mol. The molecule has 304 valence electrons. The molecule has 0 fully saturated rings. The fourth-order valence-electron chi connectivity index (χ4n) is 8.43. The van der Waals surface area contributed by atoms with Crippen LogP contribution in [0.5, 0.6) is 0 Å². The number of nitrogens with zero attached hydrogens (tertiary/aromatic N) is 2. The van der Waals surface area contributed by atoms with Crippen LogP contribution in [0.25, 0.3) is 53.9 Å². The summed E-state index contributed by atoms with van der Waals surface area (Å²) in [5.41, 5.74) is -3.05. The Kier molecular flexibility index (Phi) is 9.05. The van der Waals surface area contributed by atoms with E-state index in [0.717, 1.165) is 9.80 Å². The molecule has 0 saturated heterocycles. The van der Waals surface area contributed by atoms with Crippen molar-refractivity contribution in [1.82, 2.24) is 0 Å². The minimum atomic E-state index is -2.38. The molecule has 0 bridgehead atoms. The van der Waals surface area contributed by atoms with Gasteiger partial charge in [0.15, 0.2) is 46.5 Å². The quantitative estimate of drug-likeness (QED) is 0.0712. The lowest BCUT2D eigenvalue weighted by molar-refractivity contribution is 0.380. The molecule has 0 atom stereocenters. The van der Waals surface area contributed by atoms with Gasteiger partial charge in [-0.05, 0) is 56.6 Å². The topological polar surface area (TPSA) is 6.48 Å². The summed E-state index contributed by atoms with van der Waals surface area (Å²) in [5, 5.41) is 4.36. The second kappa shape index (κ2) is 14.5. The number of hydrogen-bond donors (Lipinski definition) is 0. The van der Waals surface area contributed by atoms with E-state index in [1.165, 1.54) is 48.5 Å². The van der Waals surface area contributed by atoms with Crippen molar-refractivity contribution in [2.75, 3.05) is 9.80 Å². The molecule has 0 unspecified atom stereocenters. The van der Waals surface area contributed by atoms with Crippen LogP contribution in [0.1, 0.15) is 0 Å². The first-order valence-electron chi connectivity index (χ1n) is 18.9. The van der Waals surface area contributed by atoms with Gasteiger partial charge in [0.2, 0.25) is 11.6 Å². The molecular weight excluding hydrogens is 819 g/mol. The first-order valence-corrected chi connectivity index (χ1v) is 18.9. The van der Waals surface area contributed by atoms with E-state index < -0.39 is 69.5 Å². The third kappa shape index (κ3) is 5.66. The van der Waals surface area contributed by atoms with E-state index in [4.69, 9.17) is 0 Å². The maximum atomic E-state index is 16.3. The molecule has 0 aliphatic carbocycles. The van der Waals surface area contributed by atoms with Gasteiger partial charge >= 0.3 is 0 Å². The Morgan fingerprint density at radius 1 is 0.226 bits per heavy atom. The van der Waals surface area contributed by atoms with Crippen LogP contribution in [0, 0.1) is 58.2 Å². The number of anilines is 6. The highest BCUT2D eigenvalue weighted by Crippen LogP contribution is 2.51. The first kappa shape index (κ1) is 38.6. The molecule has 2 nitrogen and oxygen atoms in total. The standard InChI is InChI=1S/C50H24F10N2/c51-39-41(53)45(57)49(46(58)42(39)54)61(37-23-25-11-1-3-13-27(25)29-15-5-7-17-31(29)37)35-21-9-20-34-33(35)19-10-22-36(34)62(50-47(59)43(55)40(52)44(56)48(50)60)38-24-26-12-2-4-14-28(26)30-16-6-8-18-32(30)38/h1-24H. The summed E-state index contributed by atoms with van der Waals surface area (Å²) in [7, 11) is 0. The van der Waals surface area contributed by atoms with Crippen LogP contribution in [-0.2, 0) is 0 Å². The summed E-state index contributed by atoms with van der Waals surface area (Å²) in [6.45, 7) is 0. The van der Waals surface area contributed by atoms with Crippen LogP contribution in [0.2, 0.25) is 0 Å². The Balaban J connectivity index is 1.35. The monoisotopic (exact) mass is 842 g/mol. The van der Waals surface area contributed by atoms with Crippen molar-refractivity contribution in [2.45, 2.75) is 0 Å². The van der Waals surface area contributed by atoms with Gasteiger partial charge < -0.3 is 9.80 Å². The molecule has 0 radical (unpaired) electrons. The van der Waals surface area contributed by atoms with E-state index in [1.807, 2.05) is 0 Å². The van der Waals surface area contributed by atoms with Crippen molar-refractivity contribution in [3.63, 3.8) is 0 Å². The smallest absolute Gasteiger partial charge is 0.200 e. The molecule has 10 aromatic rings. The Bertz CT molecular complexity index is 3230. The minimum absolute atomic E-state index is 0.0162. The van der Waals surface area contributed by atoms with E-state index in [9.17, 15) is 8.78 Å². The minimum Gasteiger partial charge on any atom is -0.304 e. The largest absolute Gasteiger partial charge is 0.304 e. The summed E-state index contributed by atoms with van der Waals surface area (Å²) >= 11 is 0. The molecule has 0 spiro atoms. The van der Waals surface area contributed by atoms with Gasteiger partial charge in [-0.3, -0.25) is 0 Å². The molecule has 0 N–H and O–H groups in total. The highest BCUT2D eigenvalue weighted by molar-refractivity contribution is 6.18. The Hall–Kier alpha value is -7.60. The molecule has 0 heterocycles. The summed E-state index contributed by atoms with van der Waals surface area (Å²) in [6, 6.07) is 38.8. The summed E-state index contributed by atoms with van der Waals surface area (Å²) in [6.07, 6.45) is 0. The second-order valence-electron chi connectivity index (χ2n) is 14.5. The Morgan fingerprint density at radius 2 is 0.484 bits per heavy atom. The molecule has 0 saturated carbocycles. The highest BCUT2D eigenvalue weighted by atomic mass is 19.2. The van der Waals surface area contributed by atoms with Crippen molar-refractivity contribution >= 4 is 88.0 Å². The van der Waals surface area contributed by atoms with Crippen molar-refractivity contribution < 1.29 is 43.9 Å². The van der Waals surface area contributed by atoms with E-state index in [2.05, 4.69) is 0 Å². The molecule has 0 aliphatic rings. The summed E-state index contributed by atoms with van der Waals surface area (Å²) < 4.78 is 156. The average molecular weight is 843 g/mol. The van der Waals surface area contributed by atoms with Crippen LogP contribution in [0.3, 0.4) is 0 Å². The van der Waals surface area contributed by atoms with Gasteiger partial charge in [0.1, 0.15) is 11.4 Å². The van der Waals surface area contributed by atoms with Crippen molar-refractivity contribution in [2.24, 2.45) is 0 Å². The molecule has 0 aliphatic heterocycles. The van der Waals surface area contributed by atoms with Gasteiger partial charge in [-0.15, -0.1) is 0 Å². The number of benzene rings is 10. The molecular formula is C50H24F10N2. The fraction of sp³-hybridized carbons (Fsp3) is 0. The highest BCUT2D eigenvalue weighted by Gasteiger charge is 2.35. The molecule has 10 aromatic carbocycles. The molecule has 0 amide bonds. The van der Waals surface area contributed by atoms with Gasteiger partial charge in [-0.1, -0.05) is 121 Å². The number of halogens is 10. The van der Waals surface area contributed by atoms with Gasteiger partial charge in [-0.25, -0.2) is 43.9 Å². The second-order valence-corrected chi connectivity index (χ2v) is 14.5. The van der Waals surface area contributed by atoms with Crippen molar-refractivity contribution in [1.29, 1.82) is 0 Å². The first-order chi connectivity index (χ1) is 30.0. The van der Waals surface area contributed by atoms with E-state index in [1.54, 1.807) is 97.1 Å². The number of rotatable bonds is 6. The summed E-state index contributed by atoms with van der Waals surface area (Å²) in [4.78, 5) is 1.76. The molecule has 12 heteroatoms. The van der Waals surface area contributed by atoms with Crippen LogP contribution in [0.4, 0.5) is 78.0 Å². The van der Waals surface area contributed by atoms with Crippen LogP contribution in [-0.4, -0.2) is 0 Å². The third-order valence-electron chi connectivity index (χ3n) is 11.2. The van der Waals surface area contributed by atoms with E-state index in [-0.39, 0.29) is 33.5 Å². The number of fused-ring (bicyclic) bond motifs is 7. The average Bonchev–Trinajstić information content (AvgIpc) is 3.31. The Morgan fingerprint density at radius 3 is 0.839 bits per heavy atom. The molecule has 62 heavy (non-hydrogen) atoms. The Labute approximate surface area is 344 Å². The molecule has 10 rings (SSSR count). The van der Waals surface area contributed by atoms with Crippen LogP contribution in [0.15, 0.2) is 146 Å². The van der Waals surface area contributed by atoms with Crippen LogP contribution < -0.4 is 9.80 Å². The number of hydrogen-bond acceptors (Lipinski definition) is 2. The maximum Gasteiger partial charge on any atom is 0.200 e. The van der Waals surface area contributed by atoms with Gasteiger partial charge in [0.05, 0.1) is 22.7 Å². The SMILES string of the molecule is Fc1c(F)c(F)c(N(c2cccc3c(N(c4c(F)c(F)c(F)c(F)c4F)c4cc5ccccc5c5ccccc45)cccc23)c2cc3ccccc3c3ccccc23)c(F)c1F. The van der Waals surface area contributed by atoms with Crippen molar-refractivity contribution in [3.05, 3.63) is 204 Å². The van der Waals surface area contributed by atoms with Gasteiger partial charge in [-0.2, -0.15) is 0 Å². The van der Waals surface area contributed by atoms with Crippen LogP contribution >= 0.6 is 0 Å². The maximum absolute atomic E-state index is 16.3. The lowest BCUT2D eigenvalue weighted by Crippen LogP contribution is -2.19. The zero-order chi connectivity index (χ0) is 43.1. The van der Waals surface area contributed by atoms with Gasteiger partial charge in [0.25, 0.3) is 0 Å². The van der Waals surface area contributed by atoms with Crippen molar-refractivity contribution in [3.8, 4) is 0 Å². The lowest BCUT2D eigenvalue weighted by atomic mass is 9.97. The third-order valence-corrected chi connectivity index (χ3v) is 11.2. The predicted octanol–water partition coefficient (Wildman–Crippen LogP) is 15.8.